The summed E-state index contributed by atoms with van der Waals surface area (Å²) in [5.74, 6) is 0.747. The van der Waals surface area contributed by atoms with Crippen LogP contribution in [0.5, 0.6) is 5.75 Å². The minimum Gasteiger partial charge on any atom is -0.495 e. The number of fused-ring (bicyclic) bond motifs is 1. The third-order valence-corrected chi connectivity index (χ3v) is 6.89. The maximum Gasteiger partial charge on any atom is 0.314 e. The minimum atomic E-state index is -3.74. The van der Waals surface area contributed by atoms with Crippen LogP contribution in [0.15, 0.2) is 56.9 Å². The number of nitrogens with zero attached hydrogens (tertiary/aromatic N) is 2. The number of rotatable bonds is 4. The van der Waals surface area contributed by atoms with E-state index in [1.165, 1.54) is 22.5 Å². The number of piperazine rings is 1. The number of aromatic amines is 2. The zero-order valence-corrected chi connectivity index (χ0v) is 16.5. The molecule has 0 radical (unpaired) electrons. The summed E-state index contributed by atoms with van der Waals surface area (Å²) < 4.78 is 32.9. The lowest BCUT2D eigenvalue weighted by Gasteiger charge is -2.35. The van der Waals surface area contributed by atoms with Crippen LogP contribution in [0.25, 0.3) is 11.0 Å². The summed E-state index contributed by atoms with van der Waals surface area (Å²) in [5, 5.41) is 0. The molecular weight excluding hydrogens is 396 g/mol. The van der Waals surface area contributed by atoms with E-state index in [9.17, 15) is 18.0 Å². The lowest BCUT2D eigenvalue weighted by atomic mass is 10.2. The molecule has 2 N–H and O–H groups in total. The number of benzene rings is 2. The first-order chi connectivity index (χ1) is 13.9. The van der Waals surface area contributed by atoms with Crippen LogP contribution >= 0.6 is 0 Å². The highest BCUT2D eigenvalue weighted by Gasteiger charge is 2.29. The number of nitrogens with one attached hydrogen (secondary N) is 2. The van der Waals surface area contributed by atoms with E-state index in [-0.39, 0.29) is 10.4 Å². The topological polar surface area (TPSA) is 116 Å². The van der Waals surface area contributed by atoms with Crippen LogP contribution in [-0.2, 0) is 10.0 Å². The van der Waals surface area contributed by atoms with Gasteiger partial charge in [0.15, 0.2) is 0 Å². The van der Waals surface area contributed by atoms with Crippen molar-refractivity contribution in [3.8, 4) is 5.75 Å². The van der Waals surface area contributed by atoms with E-state index in [0.29, 0.717) is 31.7 Å². The van der Waals surface area contributed by atoms with E-state index in [1.54, 1.807) is 7.11 Å². The molecule has 0 amide bonds. The normalized spacial score (nSPS) is 15.6. The van der Waals surface area contributed by atoms with Gasteiger partial charge in [-0.15, -0.1) is 0 Å². The SMILES string of the molecule is COc1ccccc1N1CCN(S(=O)(=O)c2ccc3[nH]c(=O)c(=O)[nH]c3c2)CC1. The molecule has 0 spiro atoms. The van der Waals surface area contributed by atoms with Gasteiger partial charge in [-0.25, -0.2) is 8.42 Å². The number of ether oxygens (including phenoxy) is 1. The van der Waals surface area contributed by atoms with Crippen LogP contribution in [0.4, 0.5) is 5.69 Å². The number of hydrogen-bond acceptors (Lipinski definition) is 6. The van der Waals surface area contributed by atoms with Gasteiger partial charge < -0.3 is 19.6 Å². The Kier molecular flexibility index (Phi) is 4.89. The van der Waals surface area contributed by atoms with Crippen molar-refractivity contribution in [2.75, 3.05) is 38.2 Å². The summed E-state index contributed by atoms with van der Waals surface area (Å²) in [7, 11) is -2.13. The first-order valence-electron chi connectivity index (χ1n) is 9.04. The number of H-pyrrole nitrogens is 2. The molecule has 1 saturated heterocycles. The second-order valence-corrected chi connectivity index (χ2v) is 8.62. The van der Waals surface area contributed by atoms with E-state index in [1.807, 2.05) is 24.3 Å². The molecule has 1 aliphatic heterocycles. The third-order valence-electron chi connectivity index (χ3n) is 5.00. The predicted octanol–water partition coefficient (Wildman–Crippen LogP) is 0.736. The second kappa shape index (κ2) is 7.37. The number of anilines is 1. The standard InChI is InChI=1S/C19H20N4O5S/c1-28-17-5-3-2-4-16(17)22-8-10-23(11-9-22)29(26,27)13-6-7-14-15(12-13)21-19(25)18(24)20-14/h2-7,12H,8-11H2,1H3,(H,20,24)(H,21,25). The average molecular weight is 416 g/mol. The zero-order chi connectivity index (χ0) is 20.6. The summed E-state index contributed by atoms with van der Waals surface area (Å²) in [5.41, 5.74) is -0.0322. The van der Waals surface area contributed by atoms with Gasteiger partial charge in [0.1, 0.15) is 5.75 Å². The van der Waals surface area contributed by atoms with Crippen LogP contribution in [0, 0.1) is 0 Å². The van der Waals surface area contributed by atoms with Gasteiger partial charge in [-0.3, -0.25) is 9.59 Å². The molecular formula is C19H20N4O5S. The molecule has 4 rings (SSSR count). The maximum absolute atomic E-state index is 13.1. The summed E-state index contributed by atoms with van der Waals surface area (Å²) in [6.07, 6.45) is 0. The summed E-state index contributed by atoms with van der Waals surface area (Å²) >= 11 is 0. The molecule has 2 heterocycles. The van der Waals surface area contributed by atoms with Crippen molar-refractivity contribution in [3.63, 3.8) is 0 Å². The first kappa shape index (κ1) is 19.2. The highest BCUT2D eigenvalue weighted by Crippen LogP contribution is 2.29. The van der Waals surface area contributed by atoms with Crippen molar-refractivity contribution in [3.05, 3.63) is 63.2 Å². The zero-order valence-electron chi connectivity index (χ0n) is 15.7. The summed E-state index contributed by atoms with van der Waals surface area (Å²) in [6.45, 7) is 1.69. The maximum atomic E-state index is 13.1. The highest BCUT2D eigenvalue weighted by molar-refractivity contribution is 7.89. The number of para-hydroxylation sites is 2. The Hall–Kier alpha value is -3.11. The summed E-state index contributed by atoms with van der Waals surface area (Å²) in [4.78, 5) is 30.0. The lowest BCUT2D eigenvalue weighted by molar-refractivity contribution is 0.378. The Balaban J connectivity index is 1.57. The van der Waals surface area contributed by atoms with Crippen molar-refractivity contribution in [1.82, 2.24) is 14.3 Å². The second-order valence-electron chi connectivity index (χ2n) is 6.68. The fraction of sp³-hybridized carbons (Fsp3) is 0.263. The summed E-state index contributed by atoms with van der Waals surface area (Å²) in [6, 6.07) is 11.9. The van der Waals surface area contributed by atoms with Crippen LogP contribution in [0.3, 0.4) is 0 Å². The Morgan fingerprint density at radius 2 is 1.55 bits per heavy atom. The first-order valence-corrected chi connectivity index (χ1v) is 10.5. The van der Waals surface area contributed by atoms with Crippen LogP contribution in [0.1, 0.15) is 0 Å². The van der Waals surface area contributed by atoms with Crippen molar-refractivity contribution in [2.24, 2.45) is 0 Å². The van der Waals surface area contributed by atoms with Crippen LogP contribution in [-0.4, -0.2) is 56.0 Å². The monoisotopic (exact) mass is 416 g/mol. The number of hydrogen-bond donors (Lipinski definition) is 2. The third kappa shape index (κ3) is 3.52. The van der Waals surface area contributed by atoms with E-state index >= 15 is 0 Å². The Labute approximate surface area is 166 Å². The fourth-order valence-electron chi connectivity index (χ4n) is 3.46. The molecule has 152 valence electrons. The molecule has 29 heavy (non-hydrogen) atoms. The van der Waals surface area contributed by atoms with Crippen molar-refractivity contribution >= 4 is 26.7 Å². The van der Waals surface area contributed by atoms with Crippen LogP contribution in [0.2, 0.25) is 0 Å². The van der Waals surface area contributed by atoms with Gasteiger partial charge in [0.2, 0.25) is 10.0 Å². The van der Waals surface area contributed by atoms with Gasteiger partial charge in [0, 0.05) is 26.2 Å². The lowest BCUT2D eigenvalue weighted by Crippen LogP contribution is -2.48. The van der Waals surface area contributed by atoms with Gasteiger partial charge >= 0.3 is 11.1 Å². The highest BCUT2D eigenvalue weighted by atomic mass is 32.2. The number of methoxy groups -OCH3 is 1. The van der Waals surface area contributed by atoms with E-state index in [2.05, 4.69) is 14.9 Å². The molecule has 0 aliphatic carbocycles. The minimum absolute atomic E-state index is 0.0680. The van der Waals surface area contributed by atoms with Gasteiger partial charge in [0.25, 0.3) is 0 Å². The molecule has 1 aliphatic rings. The molecule has 0 saturated carbocycles. The number of aromatic nitrogens is 2. The Morgan fingerprint density at radius 3 is 2.24 bits per heavy atom. The quantitative estimate of drug-likeness (QED) is 0.606. The van der Waals surface area contributed by atoms with E-state index in [0.717, 1.165) is 11.4 Å². The van der Waals surface area contributed by atoms with Gasteiger partial charge in [-0.1, -0.05) is 12.1 Å². The van der Waals surface area contributed by atoms with Crippen molar-refractivity contribution in [2.45, 2.75) is 4.90 Å². The van der Waals surface area contributed by atoms with E-state index in [4.69, 9.17) is 4.74 Å². The molecule has 0 unspecified atom stereocenters. The average Bonchev–Trinajstić information content (AvgIpc) is 2.74. The van der Waals surface area contributed by atoms with Gasteiger partial charge in [-0.2, -0.15) is 4.31 Å². The van der Waals surface area contributed by atoms with Gasteiger partial charge in [-0.05, 0) is 30.3 Å². The Morgan fingerprint density at radius 1 is 0.897 bits per heavy atom. The number of sulfonamides is 1. The van der Waals surface area contributed by atoms with Crippen molar-refractivity contribution < 1.29 is 13.2 Å². The molecule has 0 atom stereocenters. The van der Waals surface area contributed by atoms with E-state index < -0.39 is 21.1 Å². The molecule has 2 aromatic carbocycles. The largest absolute Gasteiger partial charge is 0.495 e. The van der Waals surface area contributed by atoms with Crippen LogP contribution < -0.4 is 20.8 Å². The van der Waals surface area contributed by atoms with Gasteiger partial charge in [0.05, 0.1) is 28.7 Å². The molecule has 0 bridgehead atoms. The Bertz CT molecular complexity index is 1270. The molecule has 9 nitrogen and oxygen atoms in total. The molecule has 1 fully saturated rings. The molecule has 10 heteroatoms. The molecule has 3 aromatic rings. The fourth-order valence-corrected chi connectivity index (χ4v) is 4.91. The smallest absolute Gasteiger partial charge is 0.314 e. The predicted molar refractivity (Wildman–Crippen MR) is 109 cm³/mol. The molecule has 1 aromatic heterocycles. The van der Waals surface area contributed by atoms with Crippen molar-refractivity contribution in [1.29, 1.82) is 0 Å².